The van der Waals surface area contributed by atoms with Gasteiger partial charge in [0.05, 0.1) is 23.3 Å². The van der Waals surface area contributed by atoms with E-state index in [4.69, 9.17) is 5.73 Å². The highest BCUT2D eigenvalue weighted by molar-refractivity contribution is 7.91. The molecule has 0 saturated heterocycles. The van der Waals surface area contributed by atoms with Crippen LogP contribution in [0.5, 0.6) is 0 Å². The normalized spacial score (nSPS) is 13.3. The molecule has 1 aromatic carbocycles. The summed E-state index contributed by atoms with van der Waals surface area (Å²) in [7, 11) is -3.55. The lowest BCUT2D eigenvalue weighted by molar-refractivity contribution is 0.170. The van der Waals surface area contributed by atoms with Crippen molar-refractivity contribution in [2.45, 2.75) is 17.5 Å². The number of aromatic nitrogens is 3. The van der Waals surface area contributed by atoms with Gasteiger partial charge in [-0.15, -0.1) is 0 Å². The molecule has 19 heavy (non-hydrogen) atoms. The molecule has 0 aliphatic heterocycles. The van der Waals surface area contributed by atoms with Crippen LogP contribution >= 0.6 is 0 Å². The van der Waals surface area contributed by atoms with E-state index in [1.807, 2.05) is 0 Å². The molecule has 0 saturated carbocycles. The molecule has 8 heteroatoms. The quantitative estimate of drug-likeness (QED) is 0.728. The van der Waals surface area contributed by atoms with E-state index in [1.165, 1.54) is 41.6 Å². The van der Waals surface area contributed by atoms with Crippen LogP contribution in [0.15, 0.2) is 41.8 Å². The number of aliphatic hydroxyl groups is 1. The lowest BCUT2D eigenvalue weighted by atomic mass is 10.3. The molecule has 2 aromatic rings. The maximum Gasteiger partial charge on any atom is 0.180 e. The number of nitrogens with zero attached hydrogens (tertiary/aromatic N) is 3. The Morgan fingerprint density at radius 3 is 2.58 bits per heavy atom. The third-order valence-electron chi connectivity index (χ3n) is 2.52. The fraction of sp³-hybridized carbons (Fsp3) is 0.273. The van der Waals surface area contributed by atoms with Crippen molar-refractivity contribution in [2.24, 2.45) is 0 Å². The van der Waals surface area contributed by atoms with Gasteiger partial charge in [-0.3, -0.25) is 4.68 Å². The first-order chi connectivity index (χ1) is 8.97. The Bertz CT molecular complexity index is 622. The molecule has 3 N–H and O–H groups in total. The third-order valence-corrected chi connectivity index (χ3v) is 4.33. The molecule has 1 atom stereocenters. The number of aliphatic hydroxyl groups excluding tert-OH is 1. The van der Waals surface area contributed by atoms with Gasteiger partial charge in [-0.2, -0.15) is 5.10 Å². The van der Waals surface area contributed by atoms with E-state index in [0.717, 1.165) is 0 Å². The Morgan fingerprint density at radius 2 is 2.00 bits per heavy atom. The van der Waals surface area contributed by atoms with Crippen LogP contribution in [-0.2, 0) is 16.4 Å². The minimum atomic E-state index is -3.55. The minimum Gasteiger partial charge on any atom is -0.399 e. The highest BCUT2D eigenvalue weighted by Crippen LogP contribution is 2.14. The van der Waals surface area contributed by atoms with E-state index in [-0.39, 0.29) is 17.2 Å². The predicted octanol–water partition coefficient (Wildman–Crippen LogP) is -0.305. The molecule has 7 nitrogen and oxygen atoms in total. The summed E-state index contributed by atoms with van der Waals surface area (Å²) in [6.45, 7) is 0.0776. The van der Waals surface area contributed by atoms with Crippen molar-refractivity contribution in [1.29, 1.82) is 0 Å². The Labute approximate surface area is 110 Å². The smallest absolute Gasteiger partial charge is 0.180 e. The van der Waals surface area contributed by atoms with E-state index in [1.54, 1.807) is 0 Å². The van der Waals surface area contributed by atoms with Crippen molar-refractivity contribution in [3.8, 4) is 0 Å². The molecular formula is C11H14N4O3S. The fourth-order valence-electron chi connectivity index (χ4n) is 1.62. The zero-order valence-corrected chi connectivity index (χ0v) is 10.9. The van der Waals surface area contributed by atoms with E-state index in [2.05, 4.69) is 10.1 Å². The first-order valence-electron chi connectivity index (χ1n) is 5.56. The second kappa shape index (κ2) is 5.37. The molecule has 0 spiro atoms. The number of benzene rings is 1. The summed E-state index contributed by atoms with van der Waals surface area (Å²) >= 11 is 0. The van der Waals surface area contributed by atoms with Crippen LogP contribution in [0.1, 0.15) is 0 Å². The number of anilines is 1. The van der Waals surface area contributed by atoms with Gasteiger partial charge in [0.25, 0.3) is 0 Å². The molecule has 0 aliphatic carbocycles. The summed E-state index contributed by atoms with van der Waals surface area (Å²) in [6, 6.07) is 5.87. The number of rotatable bonds is 5. The molecule has 0 radical (unpaired) electrons. The monoisotopic (exact) mass is 282 g/mol. The van der Waals surface area contributed by atoms with Gasteiger partial charge in [0.2, 0.25) is 0 Å². The summed E-state index contributed by atoms with van der Waals surface area (Å²) < 4.78 is 25.5. The molecule has 102 valence electrons. The van der Waals surface area contributed by atoms with Crippen LogP contribution in [-0.4, -0.2) is 40.1 Å². The first-order valence-corrected chi connectivity index (χ1v) is 7.21. The largest absolute Gasteiger partial charge is 0.399 e. The number of hydrogen-bond donors (Lipinski definition) is 2. The van der Waals surface area contributed by atoms with Gasteiger partial charge in [-0.1, -0.05) is 0 Å². The number of nitrogens with two attached hydrogens (primary N) is 1. The van der Waals surface area contributed by atoms with Crippen LogP contribution in [0, 0.1) is 0 Å². The summed E-state index contributed by atoms with van der Waals surface area (Å²) in [5.74, 6) is -0.378. The molecule has 0 bridgehead atoms. The molecule has 2 rings (SSSR count). The van der Waals surface area contributed by atoms with E-state index in [9.17, 15) is 13.5 Å². The van der Waals surface area contributed by atoms with Gasteiger partial charge >= 0.3 is 0 Å². The summed E-state index contributed by atoms with van der Waals surface area (Å²) in [5.41, 5.74) is 5.99. The predicted molar refractivity (Wildman–Crippen MR) is 68.9 cm³/mol. The zero-order chi connectivity index (χ0) is 13.9. The van der Waals surface area contributed by atoms with Gasteiger partial charge in [0, 0.05) is 5.69 Å². The topological polar surface area (TPSA) is 111 Å². The van der Waals surface area contributed by atoms with Crippen molar-refractivity contribution < 1.29 is 13.5 Å². The van der Waals surface area contributed by atoms with E-state index < -0.39 is 15.9 Å². The first kappa shape index (κ1) is 13.5. The van der Waals surface area contributed by atoms with Crippen LogP contribution < -0.4 is 5.73 Å². The Morgan fingerprint density at radius 1 is 1.32 bits per heavy atom. The summed E-state index contributed by atoms with van der Waals surface area (Å²) in [6.07, 6.45) is 1.68. The second-order valence-corrected chi connectivity index (χ2v) is 6.16. The SMILES string of the molecule is Nc1ccc(S(=O)(=O)CC(O)Cn2cncn2)cc1. The lowest BCUT2D eigenvalue weighted by Gasteiger charge is -2.11. The number of hydrogen-bond acceptors (Lipinski definition) is 6. The third kappa shape index (κ3) is 3.52. The maximum atomic E-state index is 12.0. The molecule has 0 aliphatic rings. The maximum absolute atomic E-state index is 12.0. The van der Waals surface area contributed by atoms with Gasteiger partial charge in [0.15, 0.2) is 9.84 Å². The fourth-order valence-corrected chi connectivity index (χ4v) is 2.98. The molecule has 0 fully saturated rings. The minimum absolute atomic E-state index is 0.0776. The van der Waals surface area contributed by atoms with Crippen LogP contribution in [0.3, 0.4) is 0 Å². The van der Waals surface area contributed by atoms with Crippen molar-refractivity contribution in [2.75, 3.05) is 11.5 Å². The van der Waals surface area contributed by atoms with Crippen LogP contribution in [0.25, 0.3) is 0 Å². The zero-order valence-electron chi connectivity index (χ0n) is 10.0. The van der Waals surface area contributed by atoms with Gasteiger partial charge in [-0.25, -0.2) is 13.4 Å². The Hall–Kier alpha value is -1.93. The standard InChI is InChI=1S/C11H14N4O3S/c12-9-1-3-11(4-2-9)19(17,18)6-10(16)5-15-8-13-7-14-15/h1-4,7-8,10,16H,5-6,12H2. The molecular weight excluding hydrogens is 268 g/mol. The molecule has 1 unspecified atom stereocenters. The van der Waals surface area contributed by atoms with Crippen molar-refractivity contribution >= 4 is 15.5 Å². The van der Waals surface area contributed by atoms with Crippen molar-refractivity contribution in [1.82, 2.24) is 14.8 Å². The van der Waals surface area contributed by atoms with Crippen molar-refractivity contribution in [3.05, 3.63) is 36.9 Å². The van der Waals surface area contributed by atoms with Gasteiger partial charge < -0.3 is 10.8 Å². The van der Waals surface area contributed by atoms with E-state index >= 15 is 0 Å². The Balaban J connectivity index is 2.06. The van der Waals surface area contributed by atoms with Crippen LogP contribution in [0.4, 0.5) is 5.69 Å². The van der Waals surface area contributed by atoms with E-state index in [0.29, 0.717) is 5.69 Å². The second-order valence-electron chi connectivity index (χ2n) is 4.12. The highest BCUT2D eigenvalue weighted by Gasteiger charge is 2.20. The average molecular weight is 282 g/mol. The number of sulfone groups is 1. The summed E-state index contributed by atoms with van der Waals surface area (Å²) in [4.78, 5) is 3.86. The van der Waals surface area contributed by atoms with Gasteiger partial charge in [0.1, 0.15) is 12.7 Å². The lowest BCUT2D eigenvalue weighted by Crippen LogP contribution is -2.26. The Kier molecular flexibility index (Phi) is 3.82. The average Bonchev–Trinajstić information content (AvgIpc) is 2.81. The number of nitrogen functional groups attached to an aromatic ring is 1. The molecule has 0 amide bonds. The van der Waals surface area contributed by atoms with Crippen LogP contribution in [0.2, 0.25) is 0 Å². The highest BCUT2D eigenvalue weighted by atomic mass is 32.2. The molecule has 1 aromatic heterocycles. The molecule has 1 heterocycles. The van der Waals surface area contributed by atoms with Crippen molar-refractivity contribution in [3.63, 3.8) is 0 Å². The summed E-state index contributed by atoms with van der Waals surface area (Å²) in [5, 5.41) is 13.6. The van der Waals surface area contributed by atoms with Gasteiger partial charge in [-0.05, 0) is 24.3 Å².